The van der Waals surface area contributed by atoms with Crippen LogP contribution in [-0.2, 0) is 23.2 Å². The van der Waals surface area contributed by atoms with E-state index in [1.165, 1.54) is 0 Å². The summed E-state index contributed by atoms with van der Waals surface area (Å²) in [6.07, 6.45) is 2.36. The summed E-state index contributed by atoms with van der Waals surface area (Å²) in [4.78, 5) is 0. The second-order valence-corrected chi connectivity index (χ2v) is 7.85. The summed E-state index contributed by atoms with van der Waals surface area (Å²) in [7, 11) is 0.140. The van der Waals surface area contributed by atoms with E-state index in [4.69, 9.17) is 4.55 Å². The molecule has 1 heterocycles. The van der Waals surface area contributed by atoms with Crippen molar-refractivity contribution in [3.05, 3.63) is 11.9 Å². The van der Waals surface area contributed by atoms with Gasteiger partial charge in [-0.25, -0.2) is 0 Å². The zero-order valence-corrected chi connectivity index (χ0v) is 13.5. The van der Waals surface area contributed by atoms with Crippen LogP contribution in [0.25, 0.3) is 0 Å². The van der Waals surface area contributed by atoms with E-state index in [0.717, 1.165) is 12.2 Å². The number of nitrogens with zero attached hydrogens (tertiary/aromatic N) is 4. The van der Waals surface area contributed by atoms with Gasteiger partial charge in [-0.2, -0.15) is 8.42 Å². The first-order valence-electron chi connectivity index (χ1n) is 6.73. The molecule has 0 atom stereocenters. The Balaban J connectivity index is 2.50. The van der Waals surface area contributed by atoms with Gasteiger partial charge in [0, 0.05) is 13.0 Å². The standard InChI is InChI=1S/C12H24N4O3S/c1-11(2)8-15-9-12(13-14-15)10-16(3,4)6-5-7-20(17,18)19/h9,11H,5-8,10H2,1-4H3/p+1. The molecule has 0 spiro atoms. The molecule has 1 aromatic heterocycles. The van der Waals surface area contributed by atoms with Crippen molar-refractivity contribution in [1.82, 2.24) is 15.0 Å². The molecule has 1 aromatic rings. The summed E-state index contributed by atoms with van der Waals surface area (Å²) in [5.74, 6) is 0.316. The highest BCUT2D eigenvalue weighted by Gasteiger charge is 2.19. The molecular weight excluding hydrogens is 280 g/mol. The maximum Gasteiger partial charge on any atom is 0.265 e. The highest BCUT2D eigenvalue weighted by Crippen LogP contribution is 2.09. The molecule has 0 fully saturated rings. The van der Waals surface area contributed by atoms with E-state index in [2.05, 4.69) is 24.2 Å². The number of rotatable bonds is 8. The van der Waals surface area contributed by atoms with Crippen molar-refractivity contribution >= 4 is 10.1 Å². The molecule has 20 heavy (non-hydrogen) atoms. The number of quaternary nitrogens is 1. The molecule has 0 radical (unpaired) electrons. The van der Waals surface area contributed by atoms with E-state index in [1.54, 1.807) is 0 Å². The molecule has 0 aliphatic rings. The molecule has 0 saturated carbocycles. The maximum absolute atomic E-state index is 10.7. The van der Waals surface area contributed by atoms with Gasteiger partial charge in [0.15, 0.2) is 0 Å². The molecule has 0 unspecified atom stereocenters. The third-order valence-electron chi connectivity index (χ3n) is 2.89. The Morgan fingerprint density at radius 1 is 1.40 bits per heavy atom. The van der Waals surface area contributed by atoms with Gasteiger partial charge in [0.25, 0.3) is 10.1 Å². The third kappa shape index (κ3) is 6.97. The number of hydrogen-bond acceptors (Lipinski definition) is 4. The topological polar surface area (TPSA) is 85.1 Å². The quantitative estimate of drug-likeness (QED) is 0.567. The van der Waals surface area contributed by atoms with Crippen LogP contribution in [-0.4, -0.2) is 58.8 Å². The average Bonchev–Trinajstić information content (AvgIpc) is 2.60. The minimum Gasteiger partial charge on any atom is -0.323 e. The van der Waals surface area contributed by atoms with Crippen LogP contribution in [0, 0.1) is 5.92 Å². The predicted octanol–water partition coefficient (Wildman–Crippen LogP) is 0.788. The number of aromatic nitrogens is 3. The largest absolute Gasteiger partial charge is 0.323 e. The van der Waals surface area contributed by atoms with Gasteiger partial charge in [0.05, 0.1) is 32.6 Å². The molecular formula is C12H25N4O3S+. The molecule has 0 saturated heterocycles. The molecule has 1 rings (SSSR count). The Hall–Kier alpha value is -0.990. The Labute approximate surface area is 120 Å². The van der Waals surface area contributed by atoms with Crippen molar-refractivity contribution in [2.45, 2.75) is 33.4 Å². The Morgan fingerprint density at radius 2 is 2.05 bits per heavy atom. The fourth-order valence-electron chi connectivity index (χ4n) is 2.07. The lowest BCUT2D eigenvalue weighted by Gasteiger charge is -2.28. The van der Waals surface area contributed by atoms with Gasteiger partial charge in [-0.15, -0.1) is 5.10 Å². The summed E-state index contributed by atoms with van der Waals surface area (Å²) in [5, 5.41) is 8.22. The van der Waals surface area contributed by atoms with Gasteiger partial charge >= 0.3 is 0 Å². The van der Waals surface area contributed by atoms with Crippen LogP contribution in [0.1, 0.15) is 26.0 Å². The van der Waals surface area contributed by atoms with Gasteiger partial charge in [-0.1, -0.05) is 19.1 Å². The van der Waals surface area contributed by atoms with Gasteiger partial charge in [-0.3, -0.25) is 9.23 Å². The maximum atomic E-state index is 10.7. The molecule has 0 aliphatic carbocycles. The lowest BCUT2D eigenvalue weighted by atomic mass is 10.2. The van der Waals surface area contributed by atoms with Crippen molar-refractivity contribution in [3.8, 4) is 0 Å². The monoisotopic (exact) mass is 305 g/mol. The highest BCUT2D eigenvalue weighted by atomic mass is 32.2. The molecule has 116 valence electrons. The van der Waals surface area contributed by atoms with E-state index in [-0.39, 0.29) is 5.75 Å². The first-order chi connectivity index (χ1) is 9.07. The summed E-state index contributed by atoms with van der Waals surface area (Å²) in [6, 6.07) is 0. The minimum absolute atomic E-state index is 0.200. The first kappa shape index (κ1) is 17.1. The van der Waals surface area contributed by atoms with Crippen LogP contribution in [0.3, 0.4) is 0 Å². The lowest BCUT2D eigenvalue weighted by Crippen LogP contribution is -2.40. The predicted molar refractivity (Wildman–Crippen MR) is 76.6 cm³/mol. The molecule has 0 amide bonds. The van der Waals surface area contributed by atoms with Crippen LogP contribution in [0.5, 0.6) is 0 Å². The van der Waals surface area contributed by atoms with Crippen molar-refractivity contribution in [3.63, 3.8) is 0 Å². The van der Waals surface area contributed by atoms with E-state index in [0.29, 0.717) is 29.9 Å². The molecule has 7 nitrogen and oxygen atoms in total. The lowest BCUT2D eigenvalue weighted by molar-refractivity contribution is -0.903. The van der Waals surface area contributed by atoms with Gasteiger partial charge in [-0.05, 0) is 5.92 Å². The van der Waals surface area contributed by atoms with Crippen LogP contribution in [0.2, 0.25) is 0 Å². The Morgan fingerprint density at radius 3 is 2.60 bits per heavy atom. The van der Waals surface area contributed by atoms with Crippen molar-refractivity contribution in [2.75, 3.05) is 26.4 Å². The van der Waals surface area contributed by atoms with Crippen LogP contribution < -0.4 is 0 Å². The second kappa shape index (κ2) is 6.64. The van der Waals surface area contributed by atoms with Gasteiger partial charge < -0.3 is 4.48 Å². The van der Waals surface area contributed by atoms with E-state index < -0.39 is 10.1 Å². The van der Waals surface area contributed by atoms with E-state index in [9.17, 15) is 8.42 Å². The van der Waals surface area contributed by atoms with Gasteiger partial charge in [0.1, 0.15) is 12.2 Å². The Bertz CT molecular complexity index is 523. The van der Waals surface area contributed by atoms with Crippen LogP contribution in [0.4, 0.5) is 0 Å². The summed E-state index contributed by atoms with van der Waals surface area (Å²) in [5.41, 5.74) is 0.891. The van der Waals surface area contributed by atoms with E-state index >= 15 is 0 Å². The highest BCUT2D eigenvalue weighted by molar-refractivity contribution is 7.85. The van der Waals surface area contributed by atoms with Crippen molar-refractivity contribution in [2.24, 2.45) is 5.92 Å². The molecule has 1 N–H and O–H groups in total. The summed E-state index contributed by atoms with van der Waals surface area (Å²) in [6.45, 7) is 6.41. The van der Waals surface area contributed by atoms with Crippen molar-refractivity contribution in [1.29, 1.82) is 0 Å². The molecule has 0 bridgehead atoms. The zero-order valence-electron chi connectivity index (χ0n) is 12.7. The number of hydrogen-bond donors (Lipinski definition) is 1. The fourth-order valence-corrected chi connectivity index (χ4v) is 2.56. The van der Waals surface area contributed by atoms with Crippen LogP contribution in [0.15, 0.2) is 6.20 Å². The van der Waals surface area contributed by atoms with Crippen LogP contribution >= 0.6 is 0 Å². The average molecular weight is 305 g/mol. The normalized spacial score (nSPS) is 13.1. The second-order valence-electron chi connectivity index (χ2n) is 6.28. The van der Waals surface area contributed by atoms with Gasteiger partial charge in [0.2, 0.25) is 0 Å². The Kier molecular flexibility index (Phi) is 5.67. The zero-order chi connectivity index (χ0) is 15.4. The SMILES string of the molecule is CC(C)Cn1cc(C[N+](C)(C)CCCS(=O)(=O)O)nn1. The third-order valence-corrected chi connectivity index (χ3v) is 3.70. The van der Waals surface area contributed by atoms with Crippen molar-refractivity contribution < 1.29 is 17.5 Å². The summed E-state index contributed by atoms with van der Waals surface area (Å²) < 4.78 is 32.6. The molecule has 0 aliphatic heterocycles. The van der Waals surface area contributed by atoms with E-state index in [1.807, 2.05) is 25.0 Å². The minimum atomic E-state index is -3.87. The fraction of sp³-hybridized carbons (Fsp3) is 0.833. The smallest absolute Gasteiger partial charge is 0.265 e. The first-order valence-corrected chi connectivity index (χ1v) is 8.34. The molecule has 0 aromatic carbocycles. The summed E-state index contributed by atoms with van der Waals surface area (Å²) >= 11 is 0. The molecule has 8 heteroatoms.